The number of nitrogens with zero attached hydrogens (tertiary/aromatic N) is 2. The second-order valence-electron chi connectivity index (χ2n) is 7.85. The van der Waals surface area contributed by atoms with Gasteiger partial charge in [-0.3, -0.25) is 14.5 Å². The van der Waals surface area contributed by atoms with Gasteiger partial charge >= 0.3 is 0 Å². The van der Waals surface area contributed by atoms with Gasteiger partial charge in [0, 0.05) is 11.3 Å². The number of hydrogen-bond donors (Lipinski definition) is 0. The lowest BCUT2D eigenvalue weighted by Crippen LogP contribution is -2.54. The molecule has 3 aromatic carbocycles. The highest BCUT2D eigenvalue weighted by Crippen LogP contribution is 2.53. The third-order valence-corrected chi connectivity index (χ3v) is 8.40. The highest BCUT2D eigenvalue weighted by atomic mass is 35.5. The number of carbonyl (C=O) groups is 2. The van der Waals surface area contributed by atoms with Crippen molar-refractivity contribution in [3.63, 3.8) is 0 Å². The number of anilines is 2. The minimum atomic E-state index is -4.24. The number of benzene rings is 3. The van der Waals surface area contributed by atoms with E-state index in [1.54, 1.807) is 24.3 Å². The first kappa shape index (κ1) is 21.5. The fraction of sp³-hybridized carbons (Fsp3) is 0.167. The number of sulfone groups is 1. The minimum Gasteiger partial charge on any atom is -0.495 e. The van der Waals surface area contributed by atoms with Gasteiger partial charge in [-0.25, -0.2) is 8.42 Å². The second kappa shape index (κ2) is 7.60. The lowest BCUT2D eigenvalue weighted by atomic mass is 10.0. The zero-order valence-electron chi connectivity index (χ0n) is 17.6. The maximum Gasteiger partial charge on any atom is 0.274 e. The van der Waals surface area contributed by atoms with Crippen molar-refractivity contribution in [3.8, 4) is 5.75 Å². The van der Waals surface area contributed by atoms with Gasteiger partial charge in [0.25, 0.3) is 10.8 Å². The molecule has 33 heavy (non-hydrogen) atoms. The van der Waals surface area contributed by atoms with Gasteiger partial charge in [-0.1, -0.05) is 60.1 Å². The molecule has 0 radical (unpaired) electrons. The first-order valence-electron chi connectivity index (χ1n) is 10.2. The summed E-state index contributed by atoms with van der Waals surface area (Å²) in [5.74, 6) is -1.80. The Morgan fingerprint density at radius 3 is 2.39 bits per heavy atom. The molecule has 2 amide bonds. The van der Waals surface area contributed by atoms with E-state index in [0.717, 1.165) is 10.5 Å². The number of ether oxygens (including phenoxy) is 1. The van der Waals surface area contributed by atoms with Crippen LogP contribution in [-0.4, -0.2) is 33.1 Å². The third kappa shape index (κ3) is 2.98. The predicted molar refractivity (Wildman–Crippen MR) is 125 cm³/mol. The Bertz CT molecular complexity index is 1390. The third-order valence-electron chi connectivity index (χ3n) is 6.00. The van der Waals surface area contributed by atoms with E-state index < -0.39 is 32.3 Å². The van der Waals surface area contributed by atoms with Crippen LogP contribution in [0.4, 0.5) is 11.4 Å². The van der Waals surface area contributed by atoms with Crippen LogP contribution in [0.1, 0.15) is 11.1 Å². The van der Waals surface area contributed by atoms with Gasteiger partial charge < -0.3 is 9.64 Å². The Balaban J connectivity index is 1.74. The number of fused-ring (bicyclic) bond motifs is 2. The molecule has 168 valence electrons. The highest BCUT2D eigenvalue weighted by molar-refractivity contribution is 7.94. The quantitative estimate of drug-likeness (QED) is 0.568. The van der Waals surface area contributed by atoms with Crippen LogP contribution in [0.25, 0.3) is 0 Å². The molecule has 2 aliphatic heterocycles. The first-order valence-corrected chi connectivity index (χ1v) is 12.2. The van der Waals surface area contributed by atoms with Gasteiger partial charge in [0.15, 0.2) is 9.84 Å². The molecule has 7 nitrogen and oxygen atoms in total. The van der Waals surface area contributed by atoms with Gasteiger partial charge in [-0.15, -0.1) is 0 Å². The Hall–Kier alpha value is -3.36. The van der Waals surface area contributed by atoms with Gasteiger partial charge in [-0.05, 0) is 29.8 Å². The van der Waals surface area contributed by atoms with E-state index in [2.05, 4.69) is 0 Å². The molecule has 1 fully saturated rings. The van der Waals surface area contributed by atoms with Gasteiger partial charge in [-0.2, -0.15) is 0 Å². The summed E-state index contributed by atoms with van der Waals surface area (Å²) in [6.45, 7) is 0.166. The zero-order chi connectivity index (χ0) is 23.4. The highest BCUT2D eigenvalue weighted by Gasteiger charge is 2.69. The summed E-state index contributed by atoms with van der Waals surface area (Å²) >= 11 is 6.29. The number of rotatable bonds is 4. The molecular weight excluding hydrogens is 464 g/mol. The Labute approximate surface area is 196 Å². The molecule has 1 unspecified atom stereocenters. The number of para-hydroxylation sites is 1. The van der Waals surface area contributed by atoms with Crippen molar-refractivity contribution in [2.24, 2.45) is 0 Å². The smallest absolute Gasteiger partial charge is 0.274 e. The van der Waals surface area contributed by atoms with Crippen LogP contribution < -0.4 is 14.5 Å². The predicted octanol–water partition coefficient (Wildman–Crippen LogP) is 3.51. The Morgan fingerprint density at radius 1 is 1.00 bits per heavy atom. The summed E-state index contributed by atoms with van der Waals surface area (Å²) in [5, 5.41) is 0.196. The van der Waals surface area contributed by atoms with Gasteiger partial charge in [0.1, 0.15) is 11.5 Å². The monoisotopic (exact) mass is 482 g/mol. The van der Waals surface area contributed by atoms with Crippen molar-refractivity contribution in [1.29, 1.82) is 0 Å². The fourth-order valence-electron chi connectivity index (χ4n) is 4.61. The number of carbonyl (C=O) groups excluding carboxylic acids is 2. The van der Waals surface area contributed by atoms with Gasteiger partial charge in [0.2, 0.25) is 5.91 Å². The molecular formula is C24H19ClN2O5S. The van der Waals surface area contributed by atoms with Crippen LogP contribution in [-0.2, 0) is 30.8 Å². The molecule has 1 saturated heterocycles. The molecule has 2 aliphatic rings. The minimum absolute atomic E-state index is 0.166. The Morgan fingerprint density at radius 2 is 1.70 bits per heavy atom. The van der Waals surface area contributed by atoms with Crippen molar-refractivity contribution >= 4 is 44.6 Å². The Kier molecular flexibility index (Phi) is 4.95. The van der Waals surface area contributed by atoms with Crippen molar-refractivity contribution in [1.82, 2.24) is 0 Å². The van der Waals surface area contributed by atoms with Crippen molar-refractivity contribution in [3.05, 3.63) is 88.9 Å². The number of methoxy groups -OCH3 is 1. The van der Waals surface area contributed by atoms with E-state index in [1.807, 2.05) is 30.3 Å². The normalized spacial score (nSPS) is 21.0. The summed E-state index contributed by atoms with van der Waals surface area (Å²) in [7, 11) is -2.79. The summed E-state index contributed by atoms with van der Waals surface area (Å²) in [5.41, 5.74) is 1.74. The SMILES string of the molecule is COc1ccc(N2C(=O)CS(=O)(=O)C23C(=O)N(Cc2ccccc2)c2ccccc23)cc1Cl. The van der Waals surface area contributed by atoms with E-state index in [0.29, 0.717) is 11.4 Å². The first-order chi connectivity index (χ1) is 15.8. The molecule has 0 saturated carbocycles. The summed E-state index contributed by atoms with van der Waals surface area (Å²) < 4.78 is 32.4. The van der Waals surface area contributed by atoms with Crippen LogP contribution >= 0.6 is 11.6 Å². The standard InChI is InChI=1S/C24H19ClN2O5S/c1-32-21-12-11-17(13-19(21)25)27-22(28)15-33(30,31)24(27)18-9-5-6-10-20(18)26(23(24)29)14-16-7-3-2-4-8-16/h2-13H,14-15H2,1H3. The number of amides is 2. The van der Waals surface area contributed by atoms with E-state index in [4.69, 9.17) is 16.3 Å². The summed E-state index contributed by atoms with van der Waals surface area (Å²) in [6.07, 6.45) is 0. The van der Waals surface area contributed by atoms with Crippen LogP contribution in [0.3, 0.4) is 0 Å². The topological polar surface area (TPSA) is 84.0 Å². The molecule has 1 spiro atoms. The summed E-state index contributed by atoms with van der Waals surface area (Å²) in [6, 6.07) is 20.5. The van der Waals surface area contributed by atoms with E-state index in [9.17, 15) is 18.0 Å². The van der Waals surface area contributed by atoms with Crippen LogP contribution in [0.2, 0.25) is 5.02 Å². The largest absolute Gasteiger partial charge is 0.495 e. The zero-order valence-corrected chi connectivity index (χ0v) is 19.1. The fourth-order valence-corrected chi connectivity index (χ4v) is 6.89. The lowest BCUT2D eigenvalue weighted by molar-refractivity contribution is -0.123. The average molecular weight is 483 g/mol. The molecule has 3 aromatic rings. The maximum atomic E-state index is 14.0. The second-order valence-corrected chi connectivity index (χ2v) is 10.4. The van der Waals surface area contributed by atoms with Crippen molar-refractivity contribution in [2.45, 2.75) is 11.4 Å². The molecule has 0 aromatic heterocycles. The van der Waals surface area contributed by atoms with Crippen LogP contribution in [0.15, 0.2) is 72.8 Å². The number of halogens is 1. The molecule has 5 rings (SSSR count). The molecule has 0 bridgehead atoms. The van der Waals surface area contributed by atoms with Crippen molar-refractivity contribution in [2.75, 3.05) is 22.7 Å². The molecule has 9 heteroatoms. The van der Waals surface area contributed by atoms with Crippen LogP contribution in [0.5, 0.6) is 5.75 Å². The van der Waals surface area contributed by atoms with Gasteiger partial charge in [0.05, 0.1) is 24.4 Å². The van der Waals surface area contributed by atoms with E-state index in [-0.39, 0.29) is 22.8 Å². The average Bonchev–Trinajstić information content (AvgIpc) is 3.17. The van der Waals surface area contributed by atoms with Crippen LogP contribution in [0, 0.1) is 0 Å². The maximum absolute atomic E-state index is 14.0. The molecule has 0 aliphatic carbocycles. The van der Waals surface area contributed by atoms with E-state index in [1.165, 1.54) is 30.2 Å². The molecule has 0 N–H and O–H groups in total. The van der Waals surface area contributed by atoms with Crippen molar-refractivity contribution < 1.29 is 22.7 Å². The molecule has 2 heterocycles. The number of hydrogen-bond acceptors (Lipinski definition) is 5. The van der Waals surface area contributed by atoms with E-state index >= 15 is 0 Å². The lowest BCUT2D eigenvalue weighted by Gasteiger charge is -2.32. The summed E-state index contributed by atoms with van der Waals surface area (Å²) in [4.78, 5) is 27.5. The molecule has 1 atom stereocenters.